The highest BCUT2D eigenvalue weighted by molar-refractivity contribution is 5.96. The molecule has 0 saturated carbocycles. The van der Waals surface area contributed by atoms with Crippen molar-refractivity contribution in [3.63, 3.8) is 0 Å². The molecule has 6 heteroatoms. The van der Waals surface area contributed by atoms with Crippen LogP contribution < -0.4 is 10.6 Å². The Morgan fingerprint density at radius 2 is 2.04 bits per heavy atom. The van der Waals surface area contributed by atoms with Crippen LogP contribution in [-0.4, -0.2) is 50.8 Å². The number of hydrogen-bond acceptors (Lipinski definition) is 4. The topological polar surface area (TPSA) is 76.7 Å². The highest BCUT2D eigenvalue weighted by Gasteiger charge is 2.14. The van der Waals surface area contributed by atoms with E-state index in [0.717, 1.165) is 25.9 Å². The molecule has 0 bridgehead atoms. The summed E-state index contributed by atoms with van der Waals surface area (Å²) in [7, 11) is 0. The normalized spacial score (nSPS) is 17.0. The molecular formula is C17H24N2O4. The minimum atomic E-state index is -0.249. The van der Waals surface area contributed by atoms with Crippen LogP contribution in [0.25, 0.3) is 0 Å². The van der Waals surface area contributed by atoms with E-state index < -0.39 is 0 Å². The van der Waals surface area contributed by atoms with E-state index in [9.17, 15) is 9.59 Å². The van der Waals surface area contributed by atoms with Gasteiger partial charge in [0.25, 0.3) is 5.91 Å². The second kappa shape index (κ2) is 9.97. The summed E-state index contributed by atoms with van der Waals surface area (Å²) in [5.74, 6) is -0.450. The maximum atomic E-state index is 11.8. The summed E-state index contributed by atoms with van der Waals surface area (Å²) in [6.07, 6.45) is 3.15. The molecule has 1 fully saturated rings. The molecule has 126 valence electrons. The Bertz CT molecular complexity index is 487. The summed E-state index contributed by atoms with van der Waals surface area (Å²) in [6.45, 7) is 2.56. The van der Waals surface area contributed by atoms with Gasteiger partial charge in [-0.2, -0.15) is 0 Å². The molecule has 1 saturated heterocycles. The van der Waals surface area contributed by atoms with Crippen molar-refractivity contribution in [2.45, 2.75) is 25.4 Å². The van der Waals surface area contributed by atoms with E-state index in [1.54, 1.807) is 24.3 Å². The quantitative estimate of drug-likeness (QED) is 0.669. The van der Waals surface area contributed by atoms with Crippen LogP contribution in [0.4, 0.5) is 0 Å². The van der Waals surface area contributed by atoms with Gasteiger partial charge in [-0.15, -0.1) is 0 Å². The summed E-state index contributed by atoms with van der Waals surface area (Å²) in [6, 6.07) is 8.82. The first-order chi connectivity index (χ1) is 11.3. The standard InChI is InChI=1S/C17H24N2O4/c20-16(12-19-17(21)14-6-2-1-3-7-14)18-9-5-10-22-13-15-8-4-11-23-15/h1-3,6-7,15H,4-5,8-13H2,(H,18,20)(H,19,21). The van der Waals surface area contributed by atoms with Gasteiger partial charge in [0.15, 0.2) is 0 Å². The molecule has 1 aromatic rings. The zero-order valence-electron chi connectivity index (χ0n) is 13.3. The van der Waals surface area contributed by atoms with Crippen LogP contribution in [-0.2, 0) is 14.3 Å². The predicted octanol–water partition coefficient (Wildman–Crippen LogP) is 1.12. The van der Waals surface area contributed by atoms with Crippen molar-refractivity contribution in [3.8, 4) is 0 Å². The summed E-state index contributed by atoms with van der Waals surface area (Å²) in [5.41, 5.74) is 0.544. The number of hydrogen-bond donors (Lipinski definition) is 2. The summed E-state index contributed by atoms with van der Waals surface area (Å²) >= 11 is 0. The lowest BCUT2D eigenvalue weighted by Crippen LogP contribution is -2.37. The molecule has 1 aliphatic rings. The van der Waals surface area contributed by atoms with E-state index in [1.165, 1.54) is 0 Å². The number of rotatable bonds is 9. The second-order valence-electron chi connectivity index (χ2n) is 5.46. The highest BCUT2D eigenvalue weighted by Crippen LogP contribution is 2.11. The lowest BCUT2D eigenvalue weighted by Gasteiger charge is -2.10. The zero-order valence-corrected chi connectivity index (χ0v) is 13.3. The van der Waals surface area contributed by atoms with Gasteiger partial charge >= 0.3 is 0 Å². The van der Waals surface area contributed by atoms with Crippen molar-refractivity contribution in [2.75, 3.05) is 32.9 Å². The SMILES string of the molecule is O=C(CNC(=O)c1ccccc1)NCCCOCC1CCCO1. The Kier molecular flexibility index (Phi) is 7.56. The molecule has 0 aliphatic carbocycles. The van der Waals surface area contributed by atoms with Crippen LogP contribution >= 0.6 is 0 Å². The number of ether oxygens (including phenoxy) is 2. The molecule has 1 unspecified atom stereocenters. The molecule has 6 nitrogen and oxygen atoms in total. The lowest BCUT2D eigenvalue weighted by atomic mass is 10.2. The number of carbonyl (C=O) groups excluding carboxylic acids is 2. The third kappa shape index (κ3) is 6.80. The smallest absolute Gasteiger partial charge is 0.251 e. The predicted molar refractivity (Wildman–Crippen MR) is 86.2 cm³/mol. The molecule has 2 N–H and O–H groups in total. The third-order valence-corrected chi connectivity index (χ3v) is 3.56. The molecule has 0 radical (unpaired) electrons. The number of benzene rings is 1. The van der Waals surface area contributed by atoms with Crippen LogP contribution in [0.1, 0.15) is 29.6 Å². The molecule has 0 aromatic heterocycles. The fourth-order valence-corrected chi connectivity index (χ4v) is 2.31. The van der Waals surface area contributed by atoms with Crippen molar-refractivity contribution in [1.29, 1.82) is 0 Å². The fourth-order valence-electron chi connectivity index (χ4n) is 2.31. The van der Waals surface area contributed by atoms with E-state index in [4.69, 9.17) is 9.47 Å². The van der Waals surface area contributed by atoms with Crippen LogP contribution in [0.5, 0.6) is 0 Å². The average Bonchev–Trinajstić information content (AvgIpc) is 3.10. The maximum absolute atomic E-state index is 11.8. The highest BCUT2D eigenvalue weighted by atomic mass is 16.5. The molecule has 23 heavy (non-hydrogen) atoms. The summed E-state index contributed by atoms with van der Waals surface area (Å²) in [4.78, 5) is 23.4. The Labute approximate surface area is 136 Å². The van der Waals surface area contributed by atoms with Gasteiger partial charge in [0, 0.05) is 25.3 Å². The molecular weight excluding hydrogens is 296 g/mol. The van der Waals surface area contributed by atoms with Gasteiger partial charge < -0.3 is 20.1 Å². The first-order valence-corrected chi connectivity index (χ1v) is 8.05. The van der Waals surface area contributed by atoms with Gasteiger partial charge in [-0.05, 0) is 31.4 Å². The molecule has 1 aliphatic heterocycles. The van der Waals surface area contributed by atoms with E-state index in [2.05, 4.69) is 10.6 Å². The first kappa shape index (κ1) is 17.4. The van der Waals surface area contributed by atoms with Crippen molar-refractivity contribution in [2.24, 2.45) is 0 Å². The van der Waals surface area contributed by atoms with Crippen molar-refractivity contribution in [1.82, 2.24) is 10.6 Å². The van der Waals surface area contributed by atoms with Gasteiger partial charge in [0.2, 0.25) is 5.91 Å². The summed E-state index contributed by atoms with van der Waals surface area (Å²) < 4.78 is 11.0. The Morgan fingerprint density at radius 1 is 1.22 bits per heavy atom. The van der Waals surface area contributed by atoms with E-state index in [0.29, 0.717) is 25.3 Å². The van der Waals surface area contributed by atoms with Crippen LogP contribution in [0.15, 0.2) is 30.3 Å². The number of carbonyl (C=O) groups is 2. The largest absolute Gasteiger partial charge is 0.379 e. The first-order valence-electron chi connectivity index (χ1n) is 8.05. The van der Waals surface area contributed by atoms with Gasteiger partial charge in [-0.1, -0.05) is 18.2 Å². The Morgan fingerprint density at radius 3 is 2.78 bits per heavy atom. The maximum Gasteiger partial charge on any atom is 0.251 e. The van der Waals surface area contributed by atoms with E-state index >= 15 is 0 Å². The van der Waals surface area contributed by atoms with Crippen LogP contribution in [0, 0.1) is 0 Å². The second-order valence-corrected chi connectivity index (χ2v) is 5.46. The van der Waals surface area contributed by atoms with Gasteiger partial charge in [0.1, 0.15) is 0 Å². The Balaban J connectivity index is 1.47. The fraction of sp³-hybridized carbons (Fsp3) is 0.529. The molecule has 2 amide bonds. The summed E-state index contributed by atoms with van der Waals surface area (Å²) in [5, 5.41) is 5.34. The minimum Gasteiger partial charge on any atom is -0.379 e. The van der Waals surface area contributed by atoms with Gasteiger partial charge in [-0.3, -0.25) is 9.59 Å². The molecule has 1 atom stereocenters. The molecule has 0 spiro atoms. The molecule has 1 heterocycles. The zero-order chi connectivity index (χ0) is 16.3. The lowest BCUT2D eigenvalue weighted by molar-refractivity contribution is -0.120. The van der Waals surface area contributed by atoms with Crippen molar-refractivity contribution >= 4 is 11.8 Å². The monoisotopic (exact) mass is 320 g/mol. The van der Waals surface area contributed by atoms with Crippen molar-refractivity contribution in [3.05, 3.63) is 35.9 Å². The van der Waals surface area contributed by atoms with Gasteiger partial charge in [-0.25, -0.2) is 0 Å². The van der Waals surface area contributed by atoms with E-state index in [1.807, 2.05) is 6.07 Å². The molecule has 1 aromatic carbocycles. The van der Waals surface area contributed by atoms with Crippen LogP contribution in [0.3, 0.4) is 0 Å². The number of amides is 2. The third-order valence-electron chi connectivity index (χ3n) is 3.56. The Hall–Kier alpha value is -1.92. The van der Waals surface area contributed by atoms with E-state index in [-0.39, 0.29) is 24.5 Å². The number of nitrogens with one attached hydrogen (secondary N) is 2. The van der Waals surface area contributed by atoms with Gasteiger partial charge in [0.05, 0.1) is 19.3 Å². The van der Waals surface area contributed by atoms with Crippen LogP contribution in [0.2, 0.25) is 0 Å². The van der Waals surface area contributed by atoms with Crippen molar-refractivity contribution < 1.29 is 19.1 Å². The average molecular weight is 320 g/mol. The minimum absolute atomic E-state index is 0.0233. The molecule has 2 rings (SSSR count).